The fourth-order valence-corrected chi connectivity index (χ4v) is 2.64. The quantitative estimate of drug-likeness (QED) is 0.621. The molecule has 0 spiro atoms. The first-order valence-electron chi connectivity index (χ1n) is 6.43. The van der Waals surface area contributed by atoms with E-state index >= 15 is 0 Å². The molecule has 106 valence electrons. The summed E-state index contributed by atoms with van der Waals surface area (Å²) in [6.45, 7) is 6.66. The summed E-state index contributed by atoms with van der Waals surface area (Å²) in [5.41, 5.74) is -2.80. The summed E-state index contributed by atoms with van der Waals surface area (Å²) in [6.07, 6.45) is -0.585. The Hall–Kier alpha value is -1.10. The second kappa shape index (κ2) is 6.18. The van der Waals surface area contributed by atoms with Crippen molar-refractivity contribution in [1.82, 2.24) is 0 Å². The van der Waals surface area contributed by atoms with Gasteiger partial charge in [-0.15, -0.1) is 0 Å². The molecule has 0 unspecified atom stereocenters. The molecule has 3 N–H and O–H groups in total. The minimum atomic E-state index is -1.40. The summed E-state index contributed by atoms with van der Waals surface area (Å²) in [7, 11) is 0. The van der Waals surface area contributed by atoms with Gasteiger partial charge in [-0.2, -0.15) is 0 Å². The van der Waals surface area contributed by atoms with Gasteiger partial charge in [0.2, 0.25) is 0 Å². The van der Waals surface area contributed by atoms with E-state index in [2.05, 4.69) is 0 Å². The van der Waals surface area contributed by atoms with Crippen LogP contribution in [0.4, 0.5) is 0 Å². The predicted octanol–water partition coefficient (Wildman–Crippen LogP) is 2.13. The van der Waals surface area contributed by atoms with Crippen LogP contribution in [-0.2, 0) is 9.59 Å². The van der Waals surface area contributed by atoms with Crippen LogP contribution in [-0.4, -0.2) is 33.4 Å². The van der Waals surface area contributed by atoms with Gasteiger partial charge in [0.1, 0.15) is 0 Å². The summed E-state index contributed by atoms with van der Waals surface area (Å²) in [5, 5.41) is 29.2. The van der Waals surface area contributed by atoms with E-state index in [4.69, 9.17) is 0 Å². The number of hydrogen-bond donors (Lipinski definition) is 3. The monoisotopic (exact) mass is 260 g/mol. The van der Waals surface area contributed by atoms with Gasteiger partial charge in [-0.25, -0.2) is 0 Å². The molecular formula is C13H24O5. The number of aliphatic hydroxyl groups is 1. The number of rotatable bonds is 8. The molecule has 0 atom stereocenters. The molecule has 0 aromatic rings. The number of carbonyl (C=O) groups is 2. The molecule has 0 bridgehead atoms. The normalized spacial score (nSPS) is 12.8. The highest BCUT2D eigenvalue weighted by Crippen LogP contribution is 2.44. The van der Waals surface area contributed by atoms with Crippen molar-refractivity contribution in [2.75, 3.05) is 0 Å². The molecule has 0 radical (unpaired) electrons. The minimum Gasteiger partial charge on any atom is -0.481 e. The van der Waals surface area contributed by atoms with Gasteiger partial charge >= 0.3 is 11.9 Å². The van der Waals surface area contributed by atoms with Crippen molar-refractivity contribution in [3.63, 3.8) is 0 Å². The fourth-order valence-electron chi connectivity index (χ4n) is 2.64. The second-order valence-electron chi connectivity index (χ2n) is 4.74. The third-order valence-corrected chi connectivity index (χ3v) is 4.42. The minimum absolute atomic E-state index is 0.203. The van der Waals surface area contributed by atoms with Crippen molar-refractivity contribution in [3.8, 4) is 0 Å². The van der Waals surface area contributed by atoms with E-state index in [1.54, 1.807) is 27.7 Å². The Bertz CT molecular complexity index is 273. The van der Waals surface area contributed by atoms with Crippen molar-refractivity contribution in [2.24, 2.45) is 10.8 Å². The van der Waals surface area contributed by atoms with Crippen molar-refractivity contribution in [3.05, 3.63) is 0 Å². The van der Waals surface area contributed by atoms with E-state index in [1.165, 1.54) is 0 Å². The maximum atomic E-state index is 11.5. The standard InChI is InChI=1S/C13H24O5/c1-5-12(6-2,10(15)16)9(14)13(7-3,8-4)11(17)18/h9,14H,5-8H2,1-4H3,(H,15,16)(H,17,18). The van der Waals surface area contributed by atoms with E-state index in [-0.39, 0.29) is 25.7 Å². The summed E-state index contributed by atoms with van der Waals surface area (Å²) in [5.74, 6) is -2.26. The van der Waals surface area contributed by atoms with Crippen LogP contribution < -0.4 is 0 Å². The van der Waals surface area contributed by atoms with Gasteiger partial charge in [0, 0.05) is 0 Å². The van der Waals surface area contributed by atoms with Crippen molar-refractivity contribution < 1.29 is 24.9 Å². The maximum Gasteiger partial charge on any atom is 0.312 e. The molecule has 0 aromatic carbocycles. The van der Waals surface area contributed by atoms with Crippen LogP contribution in [0.15, 0.2) is 0 Å². The molecule has 0 amide bonds. The number of hydrogen-bond acceptors (Lipinski definition) is 3. The van der Waals surface area contributed by atoms with Crippen molar-refractivity contribution in [2.45, 2.75) is 59.5 Å². The van der Waals surface area contributed by atoms with Crippen LogP contribution >= 0.6 is 0 Å². The van der Waals surface area contributed by atoms with Crippen LogP contribution in [0.5, 0.6) is 0 Å². The molecule has 0 aliphatic carbocycles. The predicted molar refractivity (Wildman–Crippen MR) is 67.3 cm³/mol. The van der Waals surface area contributed by atoms with Gasteiger partial charge in [-0.3, -0.25) is 9.59 Å². The molecule has 0 saturated heterocycles. The smallest absolute Gasteiger partial charge is 0.312 e. The Kier molecular flexibility index (Phi) is 5.80. The molecule has 0 saturated carbocycles. The molecular weight excluding hydrogens is 236 g/mol. The third-order valence-electron chi connectivity index (χ3n) is 4.42. The lowest BCUT2D eigenvalue weighted by molar-refractivity contribution is -0.179. The van der Waals surface area contributed by atoms with Gasteiger partial charge < -0.3 is 15.3 Å². The van der Waals surface area contributed by atoms with Gasteiger partial charge in [-0.05, 0) is 25.7 Å². The molecule has 0 fully saturated rings. The maximum absolute atomic E-state index is 11.5. The van der Waals surface area contributed by atoms with Gasteiger partial charge in [0.05, 0.1) is 16.9 Å². The number of carboxylic acids is 2. The number of aliphatic hydroxyl groups excluding tert-OH is 1. The zero-order valence-corrected chi connectivity index (χ0v) is 11.6. The number of carboxylic acid groups (broad SMARTS) is 2. The highest BCUT2D eigenvalue weighted by molar-refractivity contribution is 5.80. The largest absolute Gasteiger partial charge is 0.481 e. The van der Waals surface area contributed by atoms with E-state index in [1.807, 2.05) is 0 Å². The molecule has 0 rings (SSSR count). The molecule has 5 nitrogen and oxygen atoms in total. The SMILES string of the molecule is CCC(CC)(C(=O)O)C(O)C(CC)(CC)C(=O)O. The first kappa shape index (κ1) is 16.9. The summed E-state index contributed by atoms with van der Waals surface area (Å²) < 4.78 is 0. The lowest BCUT2D eigenvalue weighted by Crippen LogP contribution is -2.54. The Balaban J connectivity index is 5.74. The first-order valence-corrected chi connectivity index (χ1v) is 6.43. The second-order valence-corrected chi connectivity index (χ2v) is 4.74. The third kappa shape index (κ3) is 2.36. The van der Waals surface area contributed by atoms with Crippen LogP contribution in [0.1, 0.15) is 53.4 Å². The number of aliphatic carboxylic acids is 2. The topological polar surface area (TPSA) is 94.8 Å². The first-order chi connectivity index (χ1) is 8.28. The summed E-state index contributed by atoms with van der Waals surface area (Å²) in [4.78, 5) is 22.9. The van der Waals surface area contributed by atoms with Gasteiger partial charge in [0.25, 0.3) is 0 Å². The Morgan fingerprint density at radius 3 is 1.17 bits per heavy atom. The summed E-state index contributed by atoms with van der Waals surface area (Å²) in [6, 6.07) is 0. The highest BCUT2D eigenvalue weighted by atomic mass is 16.4. The molecule has 5 heteroatoms. The zero-order valence-electron chi connectivity index (χ0n) is 11.6. The van der Waals surface area contributed by atoms with E-state index in [9.17, 15) is 24.9 Å². The Morgan fingerprint density at radius 2 is 1.06 bits per heavy atom. The summed E-state index contributed by atoms with van der Waals surface area (Å²) >= 11 is 0. The molecule has 0 heterocycles. The molecule has 0 aliphatic heterocycles. The van der Waals surface area contributed by atoms with Crippen LogP contribution in [0, 0.1) is 10.8 Å². The zero-order chi connectivity index (χ0) is 14.6. The lowest BCUT2D eigenvalue weighted by Gasteiger charge is -2.42. The fraction of sp³-hybridized carbons (Fsp3) is 0.846. The van der Waals surface area contributed by atoms with Gasteiger partial charge in [0.15, 0.2) is 0 Å². The van der Waals surface area contributed by atoms with Crippen LogP contribution in [0.2, 0.25) is 0 Å². The van der Waals surface area contributed by atoms with Crippen molar-refractivity contribution in [1.29, 1.82) is 0 Å². The lowest BCUT2D eigenvalue weighted by atomic mass is 9.63. The van der Waals surface area contributed by atoms with E-state index < -0.39 is 28.9 Å². The molecule has 0 aromatic heterocycles. The van der Waals surface area contributed by atoms with Crippen LogP contribution in [0.3, 0.4) is 0 Å². The average Bonchev–Trinajstić information content (AvgIpc) is 2.32. The van der Waals surface area contributed by atoms with E-state index in [0.717, 1.165) is 0 Å². The molecule has 18 heavy (non-hydrogen) atoms. The molecule has 0 aliphatic rings. The highest BCUT2D eigenvalue weighted by Gasteiger charge is 2.55. The Morgan fingerprint density at radius 1 is 0.833 bits per heavy atom. The van der Waals surface area contributed by atoms with Gasteiger partial charge in [-0.1, -0.05) is 27.7 Å². The Labute approximate surface area is 108 Å². The average molecular weight is 260 g/mol. The van der Waals surface area contributed by atoms with Crippen molar-refractivity contribution >= 4 is 11.9 Å². The van der Waals surface area contributed by atoms with E-state index in [0.29, 0.717) is 0 Å². The van der Waals surface area contributed by atoms with Crippen LogP contribution in [0.25, 0.3) is 0 Å².